The van der Waals surface area contributed by atoms with Crippen LogP contribution in [0.3, 0.4) is 0 Å². The lowest BCUT2D eigenvalue weighted by Crippen LogP contribution is -2.12. The highest BCUT2D eigenvalue weighted by Gasteiger charge is 2.12. The van der Waals surface area contributed by atoms with Gasteiger partial charge in [-0.3, -0.25) is 19.7 Å². The number of nitrogens with one attached hydrogen (secondary N) is 2. The molecule has 0 aromatic heterocycles. The summed E-state index contributed by atoms with van der Waals surface area (Å²) in [6.07, 6.45) is 2.71. The minimum atomic E-state index is -0.587. The molecule has 0 saturated carbocycles. The van der Waals surface area contributed by atoms with Crippen molar-refractivity contribution in [2.75, 3.05) is 10.6 Å². The van der Waals surface area contributed by atoms with Crippen LogP contribution in [-0.2, 0) is 9.59 Å². The van der Waals surface area contributed by atoms with Gasteiger partial charge in [0.25, 0.3) is 5.69 Å². The molecule has 0 radical (unpaired) electrons. The van der Waals surface area contributed by atoms with E-state index < -0.39 is 10.8 Å². The Morgan fingerprint density at radius 1 is 1.15 bits per heavy atom. The van der Waals surface area contributed by atoms with Crippen LogP contribution in [0.15, 0.2) is 42.5 Å². The van der Waals surface area contributed by atoms with E-state index in [1.54, 1.807) is 31.2 Å². The molecule has 2 aromatic carbocycles. The van der Waals surface area contributed by atoms with Crippen molar-refractivity contribution in [3.05, 3.63) is 68.7 Å². The standard InChI is InChI=1S/C18H16ClN3O4/c1-11-15(20-12(2)23)4-3-5-16(11)21-18(24)9-7-13-6-8-14(19)17(10-13)22(25)26/h3-10H,1-2H3,(H,20,23)(H,21,24)/b9-7+. The second-order valence-electron chi connectivity index (χ2n) is 5.45. The van der Waals surface area contributed by atoms with Crippen LogP contribution in [0.4, 0.5) is 17.1 Å². The Labute approximate surface area is 154 Å². The molecule has 8 heteroatoms. The van der Waals surface area contributed by atoms with Crippen LogP contribution in [0, 0.1) is 17.0 Å². The molecule has 0 bridgehead atoms. The van der Waals surface area contributed by atoms with Gasteiger partial charge in [-0.15, -0.1) is 0 Å². The van der Waals surface area contributed by atoms with E-state index in [1.165, 1.54) is 31.2 Å². The molecule has 2 amide bonds. The van der Waals surface area contributed by atoms with Crippen molar-refractivity contribution in [2.45, 2.75) is 13.8 Å². The van der Waals surface area contributed by atoms with Gasteiger partial charge in [-0.25, -0.2) is 0 Å². The van der Waals surface area contributed by atoms with Gasteiger partial charge in [-0.1, -0.05) is 23.7 Å². The van der Waals surface area contributed by atoms with Gasteiger partial charge in [0.2, 0.25) is 11.8 Å². The lowest BCUT2D eigenvalue weighted by molar-refractivity contribution is -0.384. The number of hydrogen-bond donors (Lipinski definition) is 2. The van der Waals surface area contributed by atoms with Crippen molar-refractivity contribution >= 4 is 46.6 Å². The van der Waals surface area contributed by atoms with E-state index in [4.69, 9.17) is 11.6 Å². The number of halogens is 1. The van der Waals surface area contributed by atoms with E-state index in [0.717, 1.165) is 0 Å². The highest BCUT2D eigenvalue weighted by atomic mass is 35.5. The highest BCUT2D eigenvalue weighted by molar-refractivity contribution is 6.32. The Morgan fingerprint density at radius 2 is 1.81 bits per heavy atom. The summed E-state index contributed by atoms with van der Waals surface area (Å²) in [4.78, 5) is 33.6. The Morgan fingerprint density at radius 3 is 2.42 bits per heavy atom. The Bertz CT molecular complexity index is 909. The van der Waals surface area contributed by atoms with Gasteiger partial charge in [0.05, 0.1) is 4.92 Å². The maximum Gasteiger partial charge on any atom is 0.288 e. The SMILES string of the molecule is CC(=O)Nc1cccc(NC(=O)/C=C/c2ccc(Cl)c([N+](=O)[O-])c2)c1C. The number of benzene rings is 2. The van der Waals surface area contributed by atoms with Crippen molar-refractivity contribution in [1.82, 2.24) is 0 Å². The maximum atomic E-state index is 12.1. The molecule has 0 aliphatic rings. The normalized spacial score (nSPS) is 10.6. The molecule has 2 N–H and O–H groups in total. The first-order valence-electron chi connectivity index (χ1n) is 7.58. The van der Waals surface area contributed by atoms with Crippen LogP contribution in [0.25, 0.3) is 6.08 Å². The maximum absolute atomic E-state index is 12.1. The average molecular weight is 374 g/mol. The number of anilines is 2. The number of nitro benzene ring substituents is 1. The monoisotopic (exact) mass is 373 g/mol. The molecule has 7 nitrogen and oxygen atoms in total. The molecular weight excluding hydrogens is 358 g/mol. The van der Waals surface area contributed by atoms with E-state index in [2.05, 4.69) is 10.6 Å². The largest absolute Gasteiger partial charge is 0.326 e. The van der Waals surface area contributed by atoms with Gasteiger partial charge < -0.3 is 10.6 Å². The number of rotatable bonds is 5. The number of nitrogens with zero attached hydrogens (tertiary/aromatic N) is 1. The zero-order valence-electron chi connectivity index (χ0n) is 14.1. The van der Waals surface area contributed by atoms with E-state index in [9.17, 15) is 19.7 Å². The van der Waals surface area contributed by atoms with Crippen molar-refractivity contribution in [2.24, 2.45) is 0 Å². The van der Waals surface area contributed by atoms with E-state index in [0.29, 0.717) is 22.5 Å². The summed E-state index contributed by atoms with van der Waals surface area (Å²) >= 11 is 5.75. The molecule has 0 unspecified atom stereocenters. The third-order valence-electron chi connectivity index (χ3n) is 3.50. The molecule has 2 rings (SSSR count). The second-order valence-corrected chi connectivity index (χ2v) is 5.86. The molecule has 0 heterocycles. The minimum absolute atomic E-state index is 0.0296. The molecule has 2 aromatic rings. The topological polar surface area (TPSA) is 101 Å². The zero-order chi connectivity index (χ0) is 19.3. The van der Waals surface area contributed by atoms with Crippen LogP contribution >= 0.6 is 11.6 Å². The first kappa shape index (κ1) is 19.1. The predicted octanol–water partition coefficient (Wildman–Crippen LogP) is 4.17. The average Bonchev–Trinajstić information content (AvgIpc) is 2.57. The summed E-state index contributed by atoms with van der Waals surface area (Å²) in [5.74, 6) is -0.619. The molecule has 26 heavy (non-hydrogen) atoms. The summed E-state index contributed by atoms with van der Waals surface area (Å²) in [5.41, 5.74) is 2.11. The van der Waals surface area contributed by atoms with Gasteiger partial charge in [0.1, 0.15) is 5.02 Å². The summed E-state index contributed by atoms with van der Waals surface area (Å²) in [5, 5.41) is 16.3. The highest BCUT2D eigenvalue weighted by Crippen LogP contribution is 2.26. The molecule has 0 aliphatic heterocycles. The van der Waals surface area contributed by atoms with Gasteiger partial charge in [-0.05, 0) is 42.3 Å². The van der Waals surface area contributed by atoms with Gasteiger partial charge >= 0.3 is 0 Å². The van der Waals surface area contributed by atoms with Crippen LogP contribution in [0.2, 0.25) is 5.02 Å². The summed E-state index contributed by atoms with van der Waals surface area (Å²) in [6, 6.07) is 9.41. The fourth-order valence-corrected chi connectivity index (χ4v) is 2.40. The van der Waals surface area contributed by atoms with Gasteiger partial charge in [-0.2, -0.15) is 0 Å². The molecule has 134 valence electrons. The lowest BCUT2D eigenvalue weighted by atomic mass is 10.1. The Kier molecular flexibility index (Phi) is 6.08. The third-order valence-corrected chi connectivity index (χ3v) is 3.82. The summed E-state index contributed by atoms with van der Waals surface area (Å²) in [6.45, 7) is 3.17. The van der Waals surface area contributed by atoms with Crippen LogP contribution in [0.1, 0.15) is 18.1 Å². The minimum Gasteiger partial charge on any atom is -0.326 e. The van der Waals surface area contributed by atoms with Crippen molar-refractivity contribution in [1.29, 1.82) is 0 Å². The molecular formula is C18H16ClN3O4. The smallest absolute Gasteiger partial charge is 0.288 e. The number of nitro groups is 1. The number of amides is 2. The van der Waals surface area contributed by atoms with Gasteiger partial charge in [0.15, 0.2) is 0 Å². The van der Waals surface area contributed by atoms with Gasteiger partial charge in [0, 0.05) is 30.4 Å². The van der Waals surface area contributed by atoms with E-state index in [-0.39, 0.29) is 16.6 Å². The van der Waals surface area contributed by atoms with Crippen LogP contribution in [-0.4, -0.2) is 16.7 Å². The Balaban J connectivity index is 2.14. The quantitative estimate of drug-likeness (QED) is 0.466. The molecule has 0 fully saturated rings. The second kappa shape index (κ2) is 8.26. The van der Waals surface area contributed by atoms with E-state index >= 15 is 0 Å². The van der Waals surface area contributed by atoms with Crippen molar-refractivity contribution in [3.63, 3.8) is 0 Å². The third kappa shape index (κ3) is 4.90. The molecule has 0 saturated heterocycles. The fourth-order valence-electron chi connectivity index (χ4n) is 2.22. The molecule has 0 atom stereocenters. The molecule has 0 aliphatic carbocycles. The Hall–Kier alpha value is -3.19. The summed E-state index contributed by atoms with van der Waals surface area (Å²) in [7, 11) is 0. The molecule has 0 spiro atoms. The first-order chi connectivity index (χ1) is 12.3. The van der Waals surface area contributed by atoms with Crippen molar-refractivity contribution < 1.29 is 14.5 Å². The summed E-state index contributed by atoms with van der Waals surface area (Å²) < 4.78 is 0. The zero-order valence-corrected chi connectivity index (χ0v) is 14.8. The number of carbonyl (C=O) groups is 2. The number of carbonyl (C=O) groups excluding carboxylic acids is 2. The number of hydrogen-bond acceptors (Lipinski definition) is 4. The first-order valence-corrected chi connectivity index (χ1v) is 7.96. The fraction of sp³-hybridized carbons (Fsp3) is 0.111. The van der Waals surface area contributed by atoms with E-state index in [1.807, 2.05) is 0 Å². The van der Waals surface area contributed by atoms with Crippen molar-refractivity contribution in [3.8, 4) is 0 Å². The predicted molar refractivity (Wildman–Crippen MR) is 101 cm³/mol. The lowest BCUT2D eigenvalue weighted by Gasteiger charge is -2.11. The van der Waals surface area contributed by atoms with Crippen LogP contribution in [0.5, 0.6) is 0 Å². The van der Waals surface area contributed by atoms with Crippen LogP contribution < -0.4 is 10.6 Å².